The molecule has 1 aliphatic heterocycles. The van der Waals surface area contributed by atoms with Crippen molar-refractivity contribution >= 4 is 11.8 Å². The van der Waals surface area contributed by atoms with E-state index in [9.17, 15) is 9.59 Å². The molecular weight excluding hydrogens is 314 g/mol. The van der Waals surface area contributed by atoms with Gasteiger partial charge in [-0.2, -0.15) is 0 Å². The van der Waals surface area contributed by atoms with Gasteiger partial charge in [0.1, 0.15) is 0 Å². The maximum absolute atomic E-state index is 12.7. The van der Waals surface area contributed by atoms with E-state index in [1.54, 1.807) is 0 Å². The second kappa shape index (κ2) is 7.13. The Bertz CT molecular complexity index is 786. The Morgan fingerprint density at radius 1 is 1.00 bits per heavy atom. The Balaban J connectivity index is 1.57. The summed E-state index contributed by atoms with van der Waals surface area (Å²) < 4.78 is 1.95. The third-order valence-corrected chi connectivity index (χ3v) is 4.78. The zero-order valence-corrected chi connectivity index (χ0v) is 15.2. The fraction of sp³-hybridized carbons (Fsp3) is 0.400. The predicted octanol–water partition coefficient (Wildman–Crippen LogP) is 2.17. The molecule has 2 heterocycles. The van der Waals surface area contributed by atoms with Crippen LogP contribution in [0, 0.1) is 13.8 Å². The fourth-order valence-corrected chi connectivity index (χ4v) is 3.33. The zero-order chi connectivity index (χ0) is 18.0. The van der Waals surface area contributed by atoms with Gasteiger partial charge in [0.2, 0.25) is 5.91 Å². The van der Waals surface area contributed by atoms with Gasteiger partial charge < -0.3 is 14.4 Å². The molecule has 0 spiro atoms. The van der Waals surface area contributed by atoms with Crippen LogP contribution in [-0.2, 0) is 18.3 Å². The summed E-state index contributed by atoms with van der Waals surface area (Å²) in [5, 5.41) is 0. The van der Waals surface area contributed by atoms with Gasteiger partial charge in [-0.15, -0.1) is 0 Å². The molecule has 0 unspecified atom stereocenters. The lowest BCUT2D eigenvalue weighted by Crippen LogP contribution is -2.51. The Morgan fingerprint density at radius 3 is 2.28 bits per heavy atom. The van der Waals surface area contributed by atoms with Crippen molar-refractivity contribution in [2.45, 2.75) is 20.3 Å². The molecule has 0 atom stereocenters. The van der Waals surface area contributed by atoms with E-state index in [1.165, 1.54) is 0 Å². The summed E-state index contributed by atoms with van der Waals surface area (Å²) in [5.41, 5.74) is 3.95. The lowest BCUT2D eigenvalue weighted by atomic mass is 10.0. The van der Waals surface area contributed by atoms with Crippen molar-refractivity contribution in [2.24, 2.45) is 7.05 Å². The fourth-order valence-electron chi connectivity index (χ4n) is 3.33. The van der Waals surface area contributed by atoms with E-state index in [2.05, 4.69) is 0 Å². The molecule has 25 heavy (non-hydrogen) atoms. The van der Waals surface area contributed by atoms with Crippen LogP contribution in [-0.4, -0.2) is 52.4 Å². The number of hydrogen-bond acceptors (Lipinski definition) is 2. The van der Waals surface area contributed by atoms with Crippen LogP contribution in [0.5, 0.6) is 0 Å². The van der Waals surface area contributed by atoms with E-state index in [-0.39, 0.29) is 11.8 Å². The summed E-state index contributed by atoms with van der Waals surface area (Å²) in [6.45, 7) is 6.38. The number of carbonyl (C=O) groups is 2. The highest BCUT2D eigenvalue weighted by Crippen LogP contribution is 2.15. The van der Waals surface area contributed by atoms with Crippen molar-refractivity contribution in [1.29, 1.82) is 0 Å². The van der Waals surface area contributed by atoms with Crippen molar-refractivity contribution in [3.05, 3.63) is 58.9 Å². The standard InChI is InChI=1S/C20H25N3O2/c1-15-4-5-18(16(2)12-15)20(25)23-10-8-22(9-11-23)19(24)13-17-6-7-21(3)14-17/h4-7,12,14H,8-11,13H2,1-3H3. The highest BCUT2D eigenvalue weighted by Gasteiger charge is 2.25. The van der Waals surface area contributed by atoms with Crippen LogP contribution in [0.3, 0.4) is 0 Å². The highest BCUT2D eigenvalue weighted by atomic mass is 16.2. The van der Waals surface area contributed by atoms with Crippen LogP contribution in [0.15, 0.2) is 36.7 Å². The topological polar surface area (TPSA) is 45.6 Å². The smallest absolute Gasteiger partial charge is 0.254 e. The van der Waals surface area contributed by atoms with E-state index in [1.807, 2.05) is 71.9 Å². The monoisotopic (exact) mass is 339 g/mol. The van der Waals surface area contributed by atoms with Gasteiger partial charge in [0.25, 0.3) is 5.91 Å². The van der Waals surface area contributed by atoms with Gasteiger partial charge in [0, 0.05) is 51.2 Å². The van der Waals surface area contributed by atoms with Crippen molar-refractivity contribution in [2.75, 3.05) is 26.2 Å². The normalized spacial score (nSPS) is 14.7. The number of aryl methyl sites for hydroxylation is 3. The molecule has 1 fully saturated rings. The quantitative estimate of drug-likeness (QED) is 0.860. The largest absolute Gasteiger partial charge is 0.357 e. The molecule has 2 aromatic rings. The summed E-state index contributed by atoms with van der Waals surface area (Å²) in [5.74, 6) is 0.192. The summed E-state index contributed by atoms with van der Waals surface area (Å²) in [6, 6.07) is 7.88. The molecule has 132 valence electrons. The molecule has 5 nitrogen and oxygen atoms in total. The van der Waals surface area contributed by atoms with E-state index in [4.69, 9.17) is 0 Å². The van der Waals surface area contributed by atoms with E-state index < -0.39 is 0 Å². The third kappa shape index (κ3) is 3.92. The molecule has 2 amide bonds. The first-order valence-electron chi connectivity index (χ1n) is 8.69. The summed E-state index contributed by atoms with van der Waals surface area (Å²) in [4.78, 5) is 28.9. The molecule has 1 aromatic carbocycles. The number of rotatable bonds is 3. The van der Waals surface area contributed by atoms with Gasteiger partial charge in [-0.3, -0.25) is 9.59 Å². The van der Waals surface area contributed by atoms with Crippen molar-refractivity contribution < 1.29 is 9.59 Å². The average Bonchev–Trinajstić information content (AvgIpc) is 2.99. The SMILES string of the molecule is Cc1ccc(C(=O)N2CCN(C(=O)Cc3ccn(C)c3)CC2)c(C)c1. The summed E-state index contributed by atoms with van der Waals surface area (Å²) in [7, 11) is 1.95. The number of piperazine rings is 1. The van der Waals surface area contributed by atoms with Gasteiger partial charge >= 0.3 is 0 Å². The van der Waals surface area contributed by atoms with Crippen LogP contribution in [0.4, 0.5) is 0 Å². The molecule has 0 aliphatic carbocycles. The summed E-state index contributed by atoms with van der Waals surface area (Å²) >= 11 is 0. The molecule has 3 rings (SSSR count). The lowest BCUT2D eigenvalue weighted by molar-refractivity contribution is -0.131. The van der Waals surface area contributed by atoms with Gasteiger partial charge in [-0.25, -0.2) is 0 Å². The number of nitrogens with zero attached hydrogens (tertiary/aromatic N) is 3. The van der Waals surface area contributed by atoms with Gasteiger partial charge in [-0.1, -0.05) is 17.7 Å². The molecule has 0 radical (unpaired) electrons. The van der Waals surface area contributed by atoms with Crippen molar-refractivity contribution in [3.8, 4) is 0 Å². The van der Waals surface area contributed by atoms with E-state index in [0.717, 1.165) is 22.3 Å². The second-order valence-electron chi connectivity index (χ2n) is 6.85. The zero-order valence-electron chi connectivity index (χ0n) is 15.2. The van der Waals surface area contributed by atoms with Gasteiger partial charge in [0.15, 0.2) is 0 Å². The van der Waals surface area contributed by atoms with Gasteiger partial charge in [-0.05, 0) is 37.1 Å². The molecule has 5 heteroatoms. The maximum Gasteiger partial charge on any atom is 0.254 e. The Labute approximate surface area is 148 Å². The third-order valence-electron chi connectivity index (χ3n) is 4.78. The second-order valence-corrected chi connectivity index (χ2v) is 6.85. The Hall–Kier alpha value is -2.56. The minimum atomic E-state index is 0.0626. The number of aromatic nitrogens is 1. The molecule has 0 bridgehead atoms. The highest BCUT2D eigenvalue weighted by molar-refractivity contribution is 5.96. The molecule has 1 aromatic heterocycles. The lowest BCUT2D eigenvalue weighted by Gasteiger charge is -2.35. The molecule has 0 N–H and O–H groups in total. The van der Waals surface area contributed by atoms with Crippen molar-refractivity contribution in [3.63, 3.8) is 0 Å². The predicted molar refractivity (Wildman–Crippen MR) is 97.5 cm³/mol. The minimum Gasteiger partial charge on any atom is -0.357 e. The molecular formula is C20H25N3O2. The first-order valence-corrected chi connectivity index (χ1v) is 8.69. The van der Waals surface area contributed by atoms with E-state index in [0.29, 0.717) is 32.6 Å². The van der Waals surface area contributed by atoms with Crippen LogP contribution in [0.2, 0.25) is 0 Å². The van der Waals surface area contributed by atoms with Crippen LogP contribution >= 0.6 is 0 Å². The number of benzene rings is 1. The average molecular weight is 339 g/mol. The number of carbonyl (C=O) groups excluding carboxylic acids is 2. The van der Waals surface area contributed by atoms with Crippen LogP contribution in [0.25, 0.3) is 0 Å². The maximum atomic E-state index is 12.7. The number of amides is 2. The first kappa shape index (κ1) is 17.3. The van der Waals surface area contributed by atoms with Crippen LogP contribution in [0.1, 0.15) is 27.0 Å². The molecule has 1 aliphatic rings. The minimum absolute atomic E-state index is 0.0626. The molecule has 0 saturated carbocycles. The van der Waals surface area contributed by atoms with Crippen LogP contribution < -0.4 is 0 Å². The Kier molecular flexibility index (Phi) is 4.93. The first-order chi connectivity index (χ1) is 11.9. The number of hydrogen-bond donors (Lipinski definition) is 0. The summed E-state index contributed by atoms with van der Waals surface area (Å²) in [6.07, 6.45) is 4.34. The Morgan fingerprint density at radius 2 is 1.68 bits per heavy atom. The van der Waals surface area contributed by atoms with Crippen molar-refractivity contribution in [1.82, 2.24) is 14.4 Å². The van der Waals surface area contributed by atoms with E-state index >= 15 is 0 Å². The molecule has 1 saturated heterocycles. The van der Waals surface area contributed by atoms with Gasteiger partial charge in [0.05, 0.1) is 6.42 Å².